The largest absolute Gasteiger partial charge is 0.466 e. The van der Waals surface area contributed by atoms with Crippen LogP contribution in [0.2, 0.25) is 5.15 Å². The lowest BCUT2D eigenvalue weighted by molar-refractivity contribution is -0.143. The number of aromatic nitrogens is 1. The fraction of sp³-hybridized carbons (Fsp3) is 0.611. The number of rotatable bonds is 11. The van der Waals surface area contributed by atoms with Crippen molar-refractivity contribution in [3.8, 4) is 0 Å². The van der Waals surface area contributed by atoms with Gasteiger partial charge in [0.15, 0.2) is 5.96 Å². The van der Waals surface area contributed by atoms with E-state index in [1.165, 1.54) is 0 Å². The van der Waals surface area contributed by atoms with Gasteiger partial charge in [-0.15, -0.1) is 24.0 Å². The maximum atomic E-state index is 11.2. The predicted octanol–water partition coefficient (Wildman–Crippen LogP) is 3.57. The van der Waals surface area contributed by atoms with Gasteiger partial charge in [-0.1, -0.05) is 30.5 Å². The molecule has 0 bridgehead atoms. The number of nitrogens with zero attached hydrogens (tertiary/aromatic N) is 2. The van der Waals surface area contributed by atoms with E-state index in [2.05, 4.69) is 20.6 Å². The van der Waals surface area contributed by atoms with Gasteiger partial charge in [-0.2, -0.15) is 0 Å². The van der Waals surface area contributed by atoms with Crippen LogP contribution in [0.15, 0.2) is 23.3 Å². The van der Waals surface area contributed by atoms with E-state index in [1.54, 1.807) is 19.3 Å². The molecular formula is C18H30ClIN4O2. The third-order valence-electron chi connectivity index (χ3n) is 3.62. The summed E-state index contributed by atoms with van der Waals surface area (Å²) >= 11 is 5.77. The molecule has 1 aromatic heterocycles. The molecule has 148 valence electrons. The Balaban J connectivity index is 0.00000625. The average Bonchev–Trinajstić information content (AvgIpc) is 2.61. The van der Waals surface area contributed by atoms with E-state index >= 15 is 0 Å². The fourth-order valence-electron chi connectivity index (χ4n) is 2.29. The minimum atomic E-state index is -0.0962. The summed E-state index contributed by atoms with van der Waals surface area (Å²) in [5, 5.41) is 7.09. The number of esters is 1. The van der Waals surface area contributed by atoms with Crippen LogP contribution >= 0.6 is 35.6 Å². The first-order valence-electron chi connectivity index (χ1n) is 8.86. The SMILES string of the molecule is CCOC(=O)CCCCCCNC(=NC)NCCc1ccc(Cl)nc1.I. The Morgan fingerprint density at radius 1 is 1.19 bits per heavy atom. The zero-order valence-electron chi connectivity index (χ0n) is 15.6. The summed E-state index contributed by atoms with van der Waals surface area (Å²) in [4.78, 5) is 19.5. The van der Waals surface area contributed by atoms with Crippen LogP contribution in [0, 0.1) is 0 Å². The highest BCUT2D eigenvalue weighted by Gasteiger charge is 2.01. The number of aliphatic imine (C=N–C) groups is 1. The monoisotopic (exact) mass is 496 g/mol. The second kappa shape index (κ2) is 16.1. The maximum absolute atomic E-state index is 11.2. The summed E-state index contributed by atoms with van der Waals surface area (Å²) in [5.41, 5.74) is 1.13. The van der Waals surface area contributed by atoms with Crippen molar-refractivity contribution in [2.75, 3.05) is 26.7 Å². The number of halogens is 2. The number of unbranched alkanes of at least 4 members (excludes halogenated alkanes) is 3. The molecule has 0 atom stereocenters. The molecule has 1 rings (SSSR count). The Labute approximate surface area is 178 Å². The molecule has 0 aliphatic heterocycles. The second-order valence-corrected chi connectivity index (χ2v) is 6.02. The Kier molecular flexibility index (Phi) is 15.4. The molecule has 0 radical (unpaired) electrons. The van der Waals surface area contributed by atoms with E-state index < -0.39 is 0 Å². The molecule has 1 heterocycles. The van der Waals surface area contributed by atoms with Gasteiger partial charge in [0.2, 0.25) is 0 Å². The Morgan fingerprint density at radius 3 is 2.58 bits per heavy atom. The lowest BCUT2D eigenvalue weighted by atomic mass is 10.1. The van der Waals surface area contributed by atoms with Crippen LogP contribution in [0.25, 0.3) is 0 Å². The molecule has 0 aliphatic carbocycles. The van der Waals surface area contributed by atoms with Crippen LogP contribution in [0.1, 0.15) is 44.6 Å². The number of hydrogen-bond donors (Lipinski definition) is 2. The molecule has 6 nitrogen and oxygen atoms in total. The van der Waals surface area contributed by atoms with Crippen molar-refractivity contribution in [3.05, 3.63) is 29.0 Å². The third kappa shape index (κ3) is 12.3. The summed E-state index contributed by atoms with van der Waals surface area (Å²) < 4.78 is 4.91. The van der Waals surface area contributed by atoms with Gasteiger partial charge in [0.05, 0.1) is 6.61 Å². The molecule has 0 aromatic carbocycles. The molecule has 0 spiro atoms. The van der Waals surface area contributed by atoms with Crippen LogP contribution in [0.4, 0.5) is 0 Å². The van der Waals surface area contributed by atoms with Crippen molar-refractivity contribution in [2.45, 2.75) is 45.4 Å². The van der Waals surface area contributed by atoms with Crippen molar-refractivity contribution in [1.82, 2.24) is 15.6 Å². The Bertz CT molecular complexity index is 526. The van der Waals surface area contributed by atoms with E-state index in [0.29, 0.717) is 18.2 Å². The number of nitrogens with one attached hydrogen (secondary N) is 2. The van der Waals surface area contributed by atoms with Crippen LogP contribution in [0.3, 0.4) is 0 Å². The number of pyridine rings is 1. The van der Waals surface area contributed by atoms with E-state index in [4.69, 9.17) is 16.3 Å². The number of hydrogen-bond acceptors (Lipinski definition) is 4. The van der Waals surface area contributed by atoms with Gasteiger partial charge in [-0.3, -0.25) is 9.79 Å². The summed E-state index contributed by atoms with van der Waals surface area (Å²) in [6.07, 6.45) is 7.22. The summed E-state index contributed by atoms with van der Waals surface area (Å²) in [6, 6.07) is 3.77. The first-order chi connectivity index (χ1) is 12.2. The van der Waals surface area contributed by atoms with E-state index in [1.807, 2.05) is 13.0 Å². The maximum Gasteiger partial charge on any atom is 0.305 e. The normalized spacial score (nSPS) is 10.8. The summed E-state index contributed by atoms with van der Waals surface area (Å²) in [6.45, 7) is 3.93. The highest BCUT2D eigenvalue weighted by atomic mass is 127. The van der Waals surface area contributed by atoms with Gasteiger partial charge in [-0.05, 0) is 37.8 Å². The molecule has 0 saturated heterocycles. The summed E-state index contributed by atoms with van der Waals surface area (Å²) in [7, 11) is 1.76. The topological polar surface area (TPSA) is 75.6 Å². The quantitative estimate of drug-likeness (QED) is 0.122. The van der Waals surface area contributed by atoms with Crippen molar-refractivity contribution in [3.63, 3.8) is 0 Å². The molecule has 0 unspecified atom stereocenters. The first kappa shape index (κ1) is 24.9. The molecule has 0 aliphatic rings. The van der Waals surface area contributed by atoms with E-state index in [0.717, 1.165) is 56.7 Å². The van der Waals surface area contributed by atoms with Crippen LogP contribution in [-0.4, -0.2) is 43.7 Å². The molecule has 26 heavy (non-hydrogen) atoms. The minimum Gasteiger partial charge on any atom is -0.466 e. The van der Waals surface area contributed by atoms with Gasteiger partial charge >= 0.3 is 5.97 Å². The molecule has 0 saturated carbocycles. The fourth-order valence-corrected chi connectivity index (χ4v) is 2.40. The number of carbonyl (C=O) groups is 1. The minimum absolute atomic E-state index is 0. The lowest BCUT2D eigenvalue weighted by Crippen LogP contribution is -2.38. The molecule has 0 amide bonds. The molecule has 2 N–H and O–H groups in total. The number of guanidine groups is 1. The van der Waals surface area contributed by atoms with Gasteiger partial charge in [0.25, 0.3) is 0 Å². The second-order valence-electron chi connectivity index (χ2n) is 5.63. The zero-order valence-corrected chi connectivity index (χ0v) is 18.7. The van der Waals surface area contributed by atoms with Gasteiger partial charge in [-0.25, -0.2) is 4.98 Å². The van der Waals surface area contributed by atoms with E-state index in [9.17, 15) is 4.79 Å². The van der Waals surface area contributed by atoms with Crippen LogP contribution < -0.4 is 10.6 Å². The number of ether oxygens (including phenoxy) is 1. The predicted molar refractivity (Wildman–Crippen MR) is 117 cm³/mol. The van der Waals surface area contributed by atoms with Crippen LogP contribution in [0.5, 0.6) is 0 Å². The van der Waals surface area contributed by atoms with Crippen molar-refractivity contribution < 1.29 is 9.53 Å². The van der Waals surface area contributed by atoms with Gasteiger partial charge in [0.1, 0.15) is 5.15 Å². The lowest BCUT2D eigenvalue weighted by Gasteiger charge is -2.11. The average molecular weight is 497 g/mol. The van der Waals surface area contributed by atoms with Crippen molar-refractivity contribution in [1.29, 1.82) is 0 Å². The third-order valence-corrected chi connectivity index (χ3v) is 3.85. The van der Waals surface area contributed by atoms with Gasteiger partial charge in [0, 0.05) is 32.8 Å². The zero-order chi connectivity index (χ0) is 18.3. The van der Waals surface area contributed by atoms with Crippen LogP contribution in [-0.2, 0) is 16.0 Å². The molecular weight excluding hydrogens is 467 g/mol. The molecule has 8 heteroatoms. The van der Waals surface area contributed by atoms with Crippen molar-refractivity contribution in [2.24, 2.45) is 4.99 Å². The van der Waals surface area contributed by atoms with Gasteiger partial charge < -0.3 is 15.4 Å². The van der Waals surface area contributed by atoms with Crippen molar-refractivity contribution >= 4 is 47.5 Å². The first-order valence-corrected chi connectivity index (χ1v) is 9.24. The number of carbonyl (C=O) groups excluding carboxylic acids is 1. The highest BCUT2D eigenvalue weighted by Crippen LogP contribution is 2.05. The Hall–Kier alpha value is -1.09. The standard InChI is InChI=1S/C18H29ClN4O2.HI/c1-3-25-17(24)8-6-4-5-7-12-21-18(20-2)22-13-11-15-9-10-16(19)23-14-15;/h9-10,14H,3-8,11-13H2,1-2H3,(H2,20,21,22);1H. The molecule has 1 aromatic rings. The smallest absolute Gasteiger partial charge is 0.305 e. The summed E-state index contributed by atoms with van der Waals surface area (Å²) in [5.74, 6) is 0.703. The molecule has 0 fully saturated rings. The Morgan fingerprint density at radius 2 is 1.92 bits per heavy atom. The van der Waals surface area contributed by atoms with E-state index in [-0.39, 0.29) is 29.9 Å². The highest BCUT2D eigenvalue weighted by molar-refractivity contribution is 14.0.